The van der Waals surface area contributed by atoms with Crippen LogP contribution in [0.1, 0.15) is 48.5 Å². The number of phenols is 1. The largest absolute Gasteiger partial charge is 0.508 e. The molecule has 3 aromatic carbocycles. The number of amides is 1. The van der Waals surface area contributed by atoms with E-state index in [0.29, 0.717) is 31.4 Å². The average Bonchev–Trinajstić information content (AvgIpc) is 2.83. The maximum Gasteiger partial charge on any atom is 0.303 e. The lowest BCUT2D eigenvalue weighted by molar-refractivity contribution is -0.185. The molecule has 1 saturated heterocycles. The molecule has 1 heterocycles. The number of fused-ring (bicyclic) bond motifs is 2. The minimum absolute atomic E-state index is 0.0802. The SMILES string of the molecule is CC(=O)O[C@]12CC[C@@H](NC(=O)c3ccc4ccccc4c3)C[C@]1(c1cccc(O)c1)CCN(C)C2. The summed E-state index contributed by atoms with van der Waals surface area (Å²) in [7, 11) is 2.05. The number of piperidine rings is 1. The molecule has 1 aliphatic heterocycles. The third kappa shape index (κ3) is 4.27. The Kier molecular flexibility index (Phi) is 6.01. The fraction of sp³-hybridized carbons (Fsp3) is 0.379. The number of phenolic OH excluding ortho intramolecular Hbond substituents is 1. The highest BCUT2D eigenvalue weighted by Crippen LogP contribution is 2.54. The molecule has 3 aromatic rings. The summed E-state index contributed by atoms with van der Waals surface area (Å²) in [4.78, 5) is 27.8. The number of carbonyl (C=O) groups is 2. The topological polar surface area (TPSA) is 78.9 Å². The number of esters is 1. The van der Waals surface area contributed by atoms with Crippen molar-refractivity contribution in [2.45, 2.75) is 49.7 Å². The van der Waals surface area contributed by atoms with E-state index in [1.54, 1.807) is 12.1 Å². The van der Waals surface area contributed by atoms with Crippen molar-refractivity contribution in [2.24, 2.45) is 0 Å². The number of aromatic hydroxyl groups is 1. The minimum atomic E-state index is -0.718. The number of likely N-dealkylation sites (N-methyl/N-ethyl adjacent to an activating group) is 1. The first-order valence-electron chi connectivity index (χ1n) is 12.3. The van der Waals surface area contributed by atoms with E-state index in [9.17, 15) is 14.7 Å². The molecule has 5 rings (SSSR count). The van der Waals surface area contributed by atoms with Crippen LogP contribution in [0.5, 0.6) is 5.75 Å². The Labute approximate surface area is 205 Å². The highest BCUT2D eigenvalue weighted by atomic mass is 16.6. The third-order valence-corrected chi connectivity index (χ3v) is 7.89. The van der Waals surface area contributed by atoms with Gasteiger partial charge in [0.05, 0.1) is 0 Å². The maximum atomic E-state index is 13.3. The summed E-state index contributed by atoms with van der Waals surface area (Å²) >= 11 is 0. The number of nitrogens with one attached hydrogen (secondary N) is 1. The molecule has 2 aliphatic rings. The van der Waals surface area contributed by atoms with Crippen molar-refractivity contribution in [3.8, 4) is 5.75 Å². The van der Waals surface area contributed by atoms with Crippen LogP contribution in [-0.4, -0.2) is 53.7 Å². The molecule has 0 unspecified atom stereocenters. The predicted octanol–water partition coefficient (Wildman–Crippen LogP) is 4.40. The summed E-state index contributed by atoms with van der Waals surface area (Å²) in [6, 6.07) is 21.0. The second kappa shape index (κ2) is 9.00. The number of carbonyl (C=O) groups excluding carboxylic acids is 2. The van der Waals surface area contributed by atoms with Gasteiger partial charge in [-0.1, -0.05) is 42.5 Å². The Morgan fingerprint density at radius 2 is 1.83 bits per heavy atom. The number of ether oxygens (including phenoxy) is 1. The van der Waals surface area contributed by atoms with Gasteiger partial charge in [-0.25, -0.2) is 0 Å². The van der Waals surface area contributed by atoms with Crippen LogP contribution in [0.4, 0.5) is 0 Å². The number of benzene rings is 3. The van der Waals surface area contributed by atoms with Crippen LogP contribution in [-0.2, 0) is 14.9 Å². The minimum Gasteiger partial charge on any atom is -0.508 e. The zero-order chi connectivity index (χ0) is 24.6. The van der Waals surface area contributed by atoms with Crippen molar-refractivity contribution in [1.29, 1.82) is 0 Å². The first-order valence-corrected chi connectivity index (χ1v) is 12.3. The normalized spacial score (nSPS) is 26.6. The van der Waals surface area contributed by atoms with E-state index in [-0.39, 0.29) is 23.7 Å². The van der Waals surface area contributed by atoms with E-state index in [1.807, 2.05) is 61.6 Å². The molecule has 1 amide bonds. The van der Waals surface area contributed by atoms with Gasteiger partial charge in [-0.15, -0.1) is 0 Å². The van der Waals surface area contributed by atoms with Gasteiger partial charge in [0.1, 0.15) is 11.4 Å². The highest BCUT2D eigenvalue weighted by molar-refractivity contribution is 5.98. The molecule has 0 radical (unpaired) electrons. The smallest absolute Gasteiger partial charge is 0.303 e. The lowest BCUT2D eigenvalue weighted by atomic mass is 9.55. The van der Waals surface area contributed by atoms with Crippen molar-refractivity contribution in [3.05, 3.63) is 77.9 Å². The van der Waals surface area contributed by atoms with Crippen molar-refractivity contribution in [1.82, 2.24) is 10.2 Å². The van der Waals surface area contributed by atoms with E-state index >= 15 is 0 Å². The fourth-order valence-corrected chi connectivity index (χ4v) is 6.32. The molecule has 0 bridgehead atoms. The van der Waals surface area contributed by atoms with Crippen molar-refractivity contribution >= 4 is 22.6 Å². The summed E-state index contributed by atoms with van der Waals surface area (Å²) in [6.07, 6.45) is 2.75. The third-order valence-electron chi connectivity index (χ3n) is 7.89. The first kappa shape index (κ1) is 23.4. The molecular formula is C29H32N2O4. The summed E-state index contributed by atoms with van der Waals surface area (Å²) in [5.41, 5.74) is 0.361. The Hall–Kier alpha value is -3.38. The maximum absolute atomic E-state index is 13.3. The molecule has 1 saturated carbocycles. The number of hydrogen-bond donors (Lipinski definition) is 2. The summed E-state index contributed by atoms with van der Waals surface area (Å²) in [5, 5.41) is 15.7. The summed E-state index contributed by atoms with van der Waals surface area (Å²) in [6.45, 7) is 2.92. The molecular weight excluding hydrogens is 440 g/mol. The molecule has 0 aromatic heterocycles. The summed E-state index contributed by atoms with van der Waals surface area (Å²) in [5.74, 6) is -0.210. The molecule has 3 atom stereocenters. The molecule has 182 valence electrons. The van der Waals surface area contributed by atoms with Crippen molar-refractivity contribution < 1.29 is 19.4 Å². The molecule has 0 spiro atoms. The van der Waals surface area contributed by atoms with E-state index in [1.165, 1.54) is 6.92 Å². The van der Waals surface area contributed by atoms with Gasteiger partial charge in [-0.05, 0) is 79.9 Å². The van der Waals surface area contributed by atoms with Gasteiger partial charge in [0.25, 0.3) is 5.91 Å². The Morgan fingerprint density at radius 3 is 2.60 bits per heavy atom. The van der Waals surface area contributed by atoms with Gasteiger partial charge in [-0.3, -0.25) is 9.59 Å². The second-order valence-corrected chi connectivity index (χ2v) is 10.2. The average molecular weight is 473 g/mol. The number of likely N-dealkylation sites (tertiary alicyclic amines) is 1. The molecule has 6 nitrogen and oxygen atoms in total. The van der Waals surface area contributed by atoms with E-state index in [0.717, 1.165) is 29.3 Å². The van der Waals surface area contributed by atoms with Crippen molar-refractivity contribution in [3.63, 3.8) is 0 Å². The van der Waals surface area contributed by atoms with E-state index in [4.69, 9.17) is 4.74 Å². The fourth-order valence-electron chi connectivity index (χ4n) is 6.32. The first-order chi connectivity index (χ1) is 16.8. The van der Waals surface area contributed by atoms with Crippen LogP contribution in [0.2, 0.25) is 0 Å². The summed E-state index contributed by atoms with van der Waals surface area (Å²) < 4.78 is 6.16. The van der Waals surface area contributed by atoms with Crippen LogP contribution in [0.25, 0.3) is 10.8 Å². The second-order valence-electron chi connectivity index (χ2n) is 10.2. The van der Waals surface area contributed by atoms with E-state index in [2.05, 4.69) is 10.2 Å². The van der Waals surface area contributed by atoms with Crippen LogP contribution >= 0.6 is 0 Å². The van der Waals surface area contributed by atoms with Crippen LogP contribution in [0.15, 0.2) is 66.7 Å². The standard InChI is InChI=1S/C29H32N2O4/c1-20(32)35-29-13-12-25(30-27(34)23-11-10-21-6-3-4-7-22(21)16-23)18-28(29,14-15-31(2)19-29)24-8-5-9-26(33)17-24/h3-11,16-17,25,33H,12-15,18-19H2,1-2H3,(H,30,34)/t25-,28+,29+/m1/s1. The molecule has 2 N–H and O–H groups in total. The number of rotatable bonds is 4. The number of nitrogens with zero attached hydrogens (tertiary/aromatic N) is 1. The van der Waals surface area contributed by atoms with Gasteiger partial charge >= 0.3 is 5.97 Å². The van der Waals surface area contributed by atoms with Gasteiger partial charge in [0, 0.05) is 30.5 Å². The van der Waals surface area contributed by atoms with Crippen molar-refractivity contribution in [2.75, 3.05) is 20.1 Å². The Morgan fingerprint density at radius 1 is 1.03 bits per heavy atom. The Balaban J connectivity index is 1.48. The molecule has 1 aliphatic carbocycles. The van der Waals surface area contributed by atoms with Crippen LogP contribution in [0.3, 0.4) is 0 Å². The van der Waals surface area contributed by atoms with Gasteiger partial charge in [-0.2, -0.15) is 0 Å². The van der Waals surface area contributed by atoms with Gasteiger partial charge in [0.2, 0.25) is 0 Å². The number of hydrogen-bond acceptors (Lipinski definition) is 5. The quantitative estimate of drug-likeness (QED) is 0.550. The predicted molar refractivity (Wildman–Crippen MR) is 135 cm³/mol. The monoisotopic (exact) mass is 472 g/mol. The van der Waals surface area contributed by atoms with Crippen LogP contribution < -0.4 is 5.32 Å². The lowest BCUT2D eigenvalue weighted by Gasteiger charge is -2.59. The Bertz CT molecular complexity index is 1270. The highest BCUT2D eigenvalue weighted by Gasteiger charge is 2.60. The zero-order valence-corrected chi connectivity index (χ0v) is 20.3. The van der Waals surface area contributed by atoms with Crippen LogP contribution in [0, 0.1) is 0 Å². The molecule has 6 heteroatoms. The lowest BCUT2D eigenvalue weighted by Crippen LogP contribution is -2.68. The van der Waals surface area contributed by atoms with Gasteiger partial charge in [0.15, 0.2) is 0 Å². The molecule has 35 heavy (non-hydrogen) atoms. The zero-order valence-electron chi connectivity index (χ0n) is 20.3. The van der Waals surface area contributed by atoms with Gasteiger partial charge < -0.3 is 20.1 Å². The molecule has 2 fully saturated rings. The van der Waals surface area contributed by atoms with E-state index < -0.39 is 11.0 Å².